The topological polar surface area (TPSA) is 83.4 Å². The lowest BCUT2D eigenvalue weighted by atomic mass is 10.2. The Bertz CT molecular complexity index is 924. The molecule has 3 N–H and O–H groups in total. The van der Waals surface area contributed by atoms with Gasteiger partial charge in [0, 0.05) is 22.8 Å². The van der Waals surface area contributed by atoms with Crippen molar-refractivity contribution in [2.24, 2.45) is 0 Å². The molecule has 0 aliphatic carbocycles. The second kappa shape index (κ2) is 9.73. The Morgan fingerprint density at radius 1 is 0.929 bits per heavy atom. The number of carbonyl (C=O) groups excluding carboxylic acids is 2. The molecular weight excluding hydrogens is 378 g/mol. The number of amides is 2. The summed E-state index contributed by atoms with van der Waals surface area (Å²) in [5.74, 6) is 0.291. The second-order valence-corrected chi connectivity index (χ2v) is 6.49. The lowest BCUT2D eigenvalue weighted by Crippen LogP contribution is -2.27. The van der Waals surface area contributed by atoms with E-state index in [1.54, 1.807) is 42.7 Å². The van der Waals surface area contributed by atoms with Gasteiger partial charge in [-0.05, 0) is 48.0 Å². The fraction of sp³-hybridized carbons (Fsp3) is 0.143. The van der Waals surface area contributed by atoms with Crippen LogP contribution in [-0.4, -0.2) is 18.4 Å². The third-order valence-corrected chi connectivity index (χ3v) is 4.36. The first-order valence-corrected chi connectivity index (χ1v) is 9.14. The van der Waals surface area contributed by atoms with Crippen LogP contribution in [0.4, 0.5) is 5.69 Å². The van der Waals surface area contributed by atoms with Crippen molar-refractivity contribution >= 4 is 29.1 Å². The summed E-state index contributed by atoms with van der Waals surface area (Å²) in [6.07, 6.45) is 1.56. The maximum Gasteiger partial charge on any atom is 0.251 e. The van der Waals surface area contributed by atoms with Crippen LogP contribution in [0.3, 0.4) is 0 Å². The maximum atomic E-state index is 12.1. The van der Waals surface area contributed by atoms with Gasteiger partial charge in [0.15, 0.2) is 0 Å². The fourth-order valence-electron chi connectivity index (χ4n) is 2.55. The van der Waals surface area contributed by atoms with Crippen molar-refractivity contribution in [2.75, 3.05) is 11.9 Å². The first-order valence-electron chi connectivity index (χ1n) is 8.76. The summed E-state index contributed by atoms with van der Waals surface area (Å²) < 4.78 is 5.17. The van der Waals surface area contributed by atoms with Gasteiger partial charge < -0.3 is 20.4 Å². The molecule has 2 aromatic carbocycles. The molecule has 0 fully saturated rings. The van der Waals surface area contributed by atoms with Crippen molar-refractivity contribution in [2.45, 2.75) is 13.1 Å². The molecule has 0 bridgehead atoms. The van der Waals surface area contributed by atoms with Crippen molar-refractivity contribution < 1.29 is 14.0 Å². The highest BCUT2D eigenvalue weighted by molar-refractivity contribution is 6.31. The van der Waals surface area contributed by atoms with Crippen LogP contribution in [-0.2, 0) is 17.9 Å². The molecule has 28 heavy (non-hydrogen) atoms. The number of benzene rings is 2. The first kappa shape index (κ1) is 19.7. The molecule has 0 aliphatic rings. The molecule has 2 amide bonds. The molecule has 1 heterocycles. The number of carbonyl (C=O) groups is 2. The Morgan fingerprint density at radius 3 is 2.43 bits per heavy atom. The van der Waals surface area contributed by atoms with Crippen LogP contribution in [0.15, 0.2) is 71.3 Å². The average Bonchev–Trinajstić information content (AvgIpc) is 3.22. The quantitative estimate of drug-likeness (QED) is 0.542. The Kier molecular flexibility index (Phi) is 6.84. The molecule has 0 radical (unpaired) electrons. The van der Waals surface area contributed by atoms with E-state index in [9.17, 15) is 9.59 Å². The van der Waals surface area contributed by atoms with Crippen LogP contribution in [0.1, 0.15) is 21.7 Å². The van der Waals surface area contributed by atoms with Crippen LogP contribution in [0.25, 0.3) is 0 Å². The van der Waals surface area contributed by atoms with Gasteiger partial charge in [0.05, 0.1) is 19.4 Å². The molecule has 0 spiro atoms. The maximum absolute atomic E-state index is 12.1. The SMILES string of the molecule is O=C(CNCc1ccccc1Cl)Nc1ccc(C(=O)NCc2ccco2)cc1. The zero-order valence-electron chi connectivity index (χ0n) is 15.1. The molecule has 144 valence electrons. The van der Waals surface area contributed by atoms with E-state index < -0.39 is 0 Å². The molecule has 1 aromatic heterocycles. The van der Waals surface area contributed by atoms with Gasteiger partial charge in [0.2, 0.25) is 5.91 Å². The van der Waals surface area contributed by atoms with Gasteiger partial charge in [0.1, 0.15) is 5.76 Å². The van der Waals surface area contributed by atoms with E-state index in [4.69, 9.17) is 16.0 Å². The molecular formula is C21H20ClN3O3. The van der Waals surface area contributed by atoms with Gasteiger partial charge in [-0.1, -0.05) is 29.8 Å². The van der Waals surface area contributed by atoms with Crippen LogP contribution in [0.2, 0.25) is 5.02 Å². The van der Waals surface area contributed by atoms with Gasteiger partial charge >= 0.3 is 0 Å². The predicted molar refractivity (Wildman–Crippen MR) is 108 cm³/mol. The van der Waals surface area contributed by atoms with Gasteiger partial charge in [0.25, 0.3) is 5.91 Å². The van der Waals surface area contributed by atoms with Crippen LogP contribution in [0, 0.1) is 0 Å². The summed E-state index contributed by atoms with van der Waals surface area (Å²) in [5.41, 5.74) is 2.05. The number of nitrogens with one attached hydrogen (secondary N) is 3. The summed E-state index contributed by atoms with van der Waals surface area (Å²) >= 11 is 6.08. The van der Waals surface area contributed by atoms with Gasteiger partial charge in [-0.3, -0.25) is 9.59 Å². The minimum Gasteiger partial charge on any atom is -0.467 e. The van der Waals surface area contributed by atoms with Crippen molar-refractivity contribution in [3.63, 3.8) is 0 Å². The molecule has 0 unspecified atom stereocenters. The van der Waals surface area contributed by atoms with Crippen LogP contribution >= 0.6 is 11.6 Å². The summed E-state index contributed by atoms with van der Waals surface area (Å²) in [7, 11) is 0. The Morgan fingerprint density at radius 2 is 1.71 bits per heavy atom. The van der Waals surface area contributed by atoms with Crippen molar-refractivity contribution in [3.8, 4) is 0 Å². The van der Waals surface area contributed by atoms with E-state index in [0.717, 1.165) is 5.56 Å². The van der Waals surface area contributed by atoms with E-state index in [-0.39, 0.29) is 18.4 Å². The smallest absolute Gasteiger partial charge is 0.251 e. The molecule has 0 atom stereocenters. The van der Waals surface area contributed by atoms with Crippen molar-refractivity contribution in [1.82, 2.24) is 10.6 Å². The molecule has 0 saturated heterocycles. The number of rotatable bonds is 8. The Hall–Kier alpha value is -3.09. The van der Waals surface area contributed by atoms with E-state index >= 15 is 0 Å². The number of anilines is 1. The standard InChI is InChI=1S/C21H20ClN3O3/c22-19-6-2-1-4-16(19)12-23-14-20(26)25-17-9-7-15(8-10-17)21(27)24-13-18-5-3-11-28-18/h1-11,23H,12-14H2,(H,24,27)(H,25,26). The van der Waals surface area contributed by atoms with Gasteiger partial charge in [-0.2, -0.15) is 0 Å². The lowest BCUT2D eigenvalue weighted by molar-refractivity contribution is -0.115. The van der Waals surface area contributed by atoms with E-state index in [1.807, 2.05) is 24.3 Å². The summed E-state index contributed by atoms with van der Waals surface area (Å²) in [4.78, 5) is 24.2. The third-order valence-electron chi connectivity index (χ3n) is 3.99. The predicted octanol–water partition coefficient (Wildman–Crippen LogP) is 3.59. The molecule has 3 rings (SSSR count). The minimum absolute atomic E-state index is 0.149. The molecule has 6 nitrogen and oxygen atoms in total. The van der Waals surface area contributed by atoms with Crippen molar-refractivity contribution in [3.05, 3.63) is 88.8 Å². The number of furan rings is 1. The average molecular weight is 398 g/mol. The highest BCUT2D eigenvalue weighted by Crippen LogP contribution is 2.14. The lowest BCUT2D eigenvalue weighted by Gasteiger charge is -2.09. The monoisotopic (exact) mass is 397 g/mol. The Labute approximate surface area is 167 Å². The molecule has 7 heteroatoms. The molecule has 0 aliphatic heterocycles. The third kappa shape index (κ3) is 5.70. The molecule has 3 aromatic rings. The minimum atomic E-state index is -0.212. The zero-order chi connectivity index (χ0) is 19.8. The van der Waals surface area contributed by atoms with Crippen molar-refractivity contribution in [1.29, 1.82) is 0 Å². The number of hydrogen-bond acceptors (Lipinski definition) is 4. The summed E-state index contributed by atoms with van der Waals surface area (Å²) in [5, 5.41) is 9.27. The first-order chi connectivity index (χ1) is 13.6. The van der Waals surface area contributed by atoms with Crippen LogP contribution < -0.4 is 16.0 Å². The summed E-state index contributed by atoms with van der Waals surface area (Å²) in [6, 6.07) is 17.7. The van der Waals surface area contributed by atoms with E-state index in [0.29, 0.717) is 35.1 Å². The van der Waals surface area contributed by atoms with Gasteiger partial charge in [-0.25, -0.2) is 0 Å². The summed E-state index contributed by atoms with van der Waals surface area (Å²) in [6.45, 7) is 0.972. The van der Waals surface area contributed by atoms with E-state index in [2.05, 4.69) is 16.0 Å². The second-order valence-electron chi connectivity index (χ2n) is 6.08. The number of halogens is 1. The Balaban J connectivity index is 1.43. The number of hydrogen-bond donors (Lipinski definition) is 3. The van der Waals surface area contributed by atoms with Gasteiger partial charge in [-0.15, -0.1) is 0 Å². The van der Waals surface area contributed by atoms with E-state index in [1.165, 1.54) is 0 Å². The normalized spacial score (nSPS) is 10.5. The zero-order valence-corrected chi connectivity index (χ0v) is 15.8. The highest BCUT2D eigenvalue weighted by Gasteiger charge is 2.08. The highest BCUT2D eigenvalue weighted by atomic mass is 35.5. The van der Waals surface area contributed by atoms with Crippen LogP contribution in [0.5, 0.6) is 0 Å². The largest absolute Gasteiger partial charge is 0.467 e. The molecule has 0 saturated carbocycles. The fourth-order valence-corrected chi connectivity index (χ4v) is 2.75.